The molecule has 2 aliphatic rings. The Kier molecular flexibility index (Phi) is 2.09. The van der Waals surface area contributed by atoms with E-state index in [9.17, 15) is 5.26 Å². The van der Waals surface area contributed by atoms with Gasteiger partial charge in [0.25, 0.3) is 0 Å². The quantitative estimate of drug-likeness (QED) is 0.767. The number of aryl methyl sites for hydroxylation is 1. The van der Waals surface area contributed by atoms with Crippen LogP contribution < -0.4 is 0 Å². The van der Waals surface area contributed by atoms with Crippen LogP contribution in [0.25, 0.3) is 0 Å². The Bertz CT molecular complexity index is 443. The summed E-state index contributed by atoms with van der Waals surface area (Å²) in [5, 5.41) is 9.34. The van der Waals surface area contributed by atoms with E-state index in [1.54, 1.807) is 11.8 Å². The van der Waals surface area contributed by atoms with Crippen molar-refractivity contribution in [3.8, 4) is 6.07 Å². The molecule has 0 saturated heterocycles. The average molecular weight is 229 g/mol. The Morgan fingerprint density at radius 2 is 1.81 bits per heavy atom. The molecule has 0 heterocycles. The lowest BCUT2D eigenvalue weighted by Crippen LogP contribution is -2.40. The minimum atomic E-state index is -0.119. The van der Waals surface area contributed by atoms with Gasteiger partial charge in [-0.2, -0.15) is 5.26 Å². The summed E-state index contributed by atoms with van der Waals surface area (Å²) < 4.78 is -0.119. The van der Waals surface area contributed by atoms with Gasteiger partial charge in [-0.3, -0.25) is 0 Å². The Balaban J connectivity index is 1.74. The van der Waals surface area contributed by atoms with Crippen molar-refractivity contribution < 1.29 is 0 Å². The molecule has 3 rings (SSSR count). The van der Waals surface area contributed by atoms with Gasteiger partial charge in [-0.1, -0.05) is 17.7 Å². The molecule has 82 valence electrons. The van der Waals surface area contributed by atoms with Gasteiger partial charge in [0, 0.05) is 4.90 Å². The predicted molar refractivity (Wildman–Crippen MR) is 66.3 cm³/mol. The average Bonchev–Trinajstić information content (AvgIpc) is 3.00. The van der Waals surface area contributed by atoms with Gasteiger partial charge in [-0.15, -0.1) is 11.8 Å². The van der Waals surface area contributed by atoms with Gasteiger partial charge >= 0.3 is 0 Å². The smallest absolute Gasteiger partial charge is 0.108 e. The van der Waals surface area contributed by atoms with Gasteiger partial charge < -0.3 is 0 Å². The van der Waals surface area contributed by atoms with Crippen molar-refractivity contribution in [3.63, 3.8) is 0 Å². The van der Waals surface area contributed by atoms with Gasteiger partial charge in [-0.25, -0.2) is 0 Å². The second-order valence-corrected chi connectivity index (χ2v) is 6.83. The highest BCUT2D eigenvalue weighted by molar-refractivity contribution is 8.01. The van der Waals surface area contributed by atoms with Crippen LogP contribution in [0.15, 0.2) is 29.2 Å². The molecular weight excluding hydrogens is 214 g/mol. The lowest BCUT2D eigenvalue weighted by atomic mass is 9.72. The normalized spacial score (nSPS) is 23.5. The zero-order valence-electron chi connectivity index (χ0n) is 9.49. The van der Waals surface area contributed by atoms with Crippen molar-refractivity contribution >= 4 is 11.8 Å². The molecule has 16 heavy (non-hydrogen) atoms. The summed E-state index contributed by atoms with van der Waals surface area (Å²) in [5.74, 6) is 0. The van der Waals surface area contributed by atoms with Crippen LogP contribution in [0, 0.1) is 23.7 Å². The standard InChI is InChI=1S/C14H15NS/c1-11-2-4-12(5-3-11)16-14(10-15)8-13(9-14)6-7-13/h2-5H,6-9H2,1H3. The molecule has 0 amide bonds. The Morgan fingerprint density at radius 3 is 2.31 bits per heavy atom. The summed E-state index contributed by atoms with van der Waals surface area (Å²) in [6.07, 6.45) is 4.92. The minimum Gasteiger partial charge on any atom is -0.197 e. The topological polar surface area (TPSA) is 23.8 Å². The van der Waals surface area contributed by atoms with Crippen molar-refractivity contribution in [2.75, 3.05) is 0 Å². The number of hydrogen-bond acceptors (Lipinski definition) is 2. The molecule has 1 spiro atoms. The molecule has 1 nitrogen and oxygen atoms in total. The monoisotopic (exact) mass is 229 g/mol. The van der Waals surface area contributed by atoms with E-state index < -0.39 is 0 Å². The number of rotatable bonds is 2. The van der Waals surface area contributed by atoms with Crippen molar-refractivity contribution in [2.24, 2.45) is 5.41 Å². The summed E-state index contributed by atoms with van der Waals surface area (Å²) >= 11 is 1.77. The first-order valence-corrected chi connectivity index (χ1v) is 6.64. The van der Waals surface area contributed by atoms with E-state index in [1.807, 2.05) is 0 Å². The minimum absolute atomic E-state index is 0.119. The number of hydrogen-bond donors (Lipinski definition) is 0. The molecule has 0 N–H and O–H groups in total. The third kappa shape index (κ3) is 1.64. The van der Waals surface area contributed by atoms with Gasteiger partial charge in [0.05, 0.1) is 6.07 Å². The molecule has 0 aromatic heterocycles. The summed E-state index contributed by atoms with van der Waals surface area (Å²) in [5.41, 5.74) is 1.87. The van der Waals surface area contributed by atoms with E-state index in [-0.39, 0.29) is 4.75 Å². The highest BCUT2D eigenvalue weighted by atomic mass is 32.2. The number of nitriles is 1. The maximum atomic E-state index is 9.34. The summed E-state index contributed by atoms with van der Waals surface area (Å²) in [4.78, 5) is 1.24. The van der Waals surface area contributed by atoms with E-state index in [1.165, 1.54) is 23.3 Å². The zero-order valence-corrected chi connectivity index (χ0v) is 10.3. The Morgan fingerprint density at radius 1 is 1.19 bits per heavy atom. The van der Waals surface area contributed by atoms with Crippen LogP contribution in [0.1, 0.15) is 31.2 Å². The second-order valence-electron chi connectivity index (χ2n) is 5.37. The van der Waals surface area contributed by atoms with Crippen molar-refractivity contribution in [1.82, 2.24) is 0 Å². The Labute approximate surface area is 101 Å². The maximum Gasteiger partial charge on any atom is 0.108 e. The SMILES string of the molecule is Cc1ccc(SC2(C#N)CC3(CC3)C2)cc1. The summed E-state index contributed by atoms with van der Waals surface area (Å²) in [6.45, 7) is 2.09. The fourth-order valence-electron chi connectivity index (χ4n) is 2.70. The number of benzene rings is 1. The first-order chi connectivity index (χ1) is 7.65. The maximum absolute atomic E-state index is 9.34. The number of nitrogens with zero attached hydrogens (tertiary/aromatic N) is 1. The molecule has 0 unspecified atom stereocenters. The van der Waals surface area contributed by atoms with Crippen molar-refractivity contribution in [3.05, 3.63) is 29.8 Å². The van der Waals surface area contributed by atoms with E-state index in [0.717, 1.165) is 12.8 Å². The van der Waals surface area contributed by atoms with Crippen LogP contribution in [0.2, 0.25) is 0 Å². The second kappa shape index (κ2) is 3.28. The molecule has 1 aromatic carbocycles. The highest BCUT2D eigenvalue weighted by Crippen LogP contribution is 2.69. The summed E-state index contributed by atoms with van der Waals surface area (Å²) in [7, 11) is 0. The lowest BCUT2D eigenvalue weighted by Gasteiger charge is -2.42. The van der Waals surface area contributed by atoms with Gasteiger partial charge in [0.15, 0.2) is 0 Å². The number of thioether (sulfide) groups is 1. The van der Waals surface area contributed by atoms with Crippen LogP contribution in [0.5, 0.6) is 0 Å². The molecule has 2 aliphatic carbocycles. The van der Waals surface area contributed by atoms with Crippen molar-refractivity contribution in [2.45, 2.75) is 42.2 Å². The van der Waals surface area contributed by atoms with Crippen LogP contribution in [-0.4, -0.2) is 4.75 Å². The predicted octanol–water partition coefficient (Wildman–Crippen LogP) is 3.92. The van der Waals surface area contributed by atoms with Crippen LogP contribution >= 0.6 is 11.8 Å². The molecule has 0 aliphatic heterocycles. The van der Waals surface area contributed by atoms with E-state index >= 15 is 0 Å². The first-order valence-electron chi connectivity index (χ1n) is 5.82. The van der Waals surface area contributed by atoms with Gasteiger partial charge in [0.1, 0.15) is 4.75 Å². The van der Waals surface area contributed by atoms with Crippen LogP contribution in [0.3, 0.4) is 0 Å². The molecule has 2 fully saturated rings. The molecule has 0 radical (unpaired) electrons. The lowest BCUT2D eigenvalue weighted by molar-refractivity contribution is 0.251. The van der Waals surface area contributed by atoms with E-state index in [2.05, 4.69) is 37.3 Å². The largest absolute Gasteiger partial charge is 0.197 e. The van der Waals surface area contributed by atoms with Gasteiger partial charge in [0.2, 0.25) is 0 Å². The highest BCUT2D eigenvalue weighted by Gasteiger charge is 2.61. The molecule has 2 heteroatoms. The molecule has 1 aromatic rings. The zero-order chi connectivity index (χ0) is 11.2. The Hall–Kier alpha value is -0.940. The first kappa shape index (κ1) is 10.2. The molecule has 0 atom stereocenters. The van der Waals surface area contributed by atoms with E-state index in [4.69, 9.17) is 0 Å². The van der Waals surface area contributed by atoms with Gasteiger partial charge in [-0.05, 0) is 50.2 Å². The van der Waals surface area contributed by atoms with E-state index in [0.29, 0.717) is 5.41 Å². The molecule has 2 saturated carbocycles. The van der Waals surface area contributed by atoms with Crippen molar-refractivity contribution in [1.29, 1.82) is 5.26 Å². The molecule has 0 bridgehead atoms. The van der Waals surface area contributed by atoms with Crippen LogP contribution in [-0.2, 0) is 0 Å². The fraction of sp³-hybridized carbons (Fsp3) is 0.500. The summed E-state index contributed by atoms with van der Waals surface area (Å²) in [6, 6.07) is 11.1. The third-order valence-corrected chi connectivity index (χ3v) is 5.09. The fourth-order valence-corrected chi connectivity index (χ4v) is 4.22. The van der Waals surface area contributed by atoms with Crippen LogP contribution in [0.4, 0.5) is 0 Å². The molecular formula is C14H15NS. The third-order valence-electron chi connectivity index (χ3n) is 3.82.